The molecule has 1 rings (SSSR count). The number of thioether (sulfide) groups is 1. The van der Waals surface area contributed by atoms with Gasteiger partial charge in [0.2, 0.25) is 0 Å². The highest BCUT2D eigenvalue weighted by Gasteiger charge is 2.07. The number of benzene rings is 1. The zero-order chi connectivity index (χ0) is 12.1. The minimum atomic E-state index is -0.676. The normalized spacial score (nSPS) is 14.8. The predicted octanol–water partition coefficient (Wildman–Crippen LogP) is 1.91. The first kappa shape index (κ1) is 14.0. The van der Waals surface area contributed by atoms with E-state index in [4.69, 9.17) is 10.8 Å². The molecule has 0 aromatic heterocycles. The second-order valence-corrected chi connectivity index (χ2v) is 5.54. The molecule has 0 heterocycles. The maximum atomic E-state index is 9.25. The number of rotatable bonds is 5. The van der Waals surface area contributed by atoms with Crippen molar-refractivity contribution in [3.8, 4) is 0 Å². The van der Waals surface area contributed by atoms with E-state index >= 15 is 0 Å². The standard InChI is InChI=1S/C11H16BrNO2S/c1-7(13)8-2-3-11(10(12)4-8)16-6-9(15)5-14/h2-4,7,9,14-15H,5-6,13H2,1H3. The van der Waals surface area contributed by atoms with E-state index in [1.165, 1.54) is 11.8 Å². The van der Waals surface area contributed by atoms with Crippen molar-refractivity contribution >= 4 is 27.7 Å². The number of aliphatic hydroxyl groups is 2. The molecule has 2 unspecified atom stereocenters. The Labute approximate surface area is 108 Å². The van der Waals surface area contributed by atoms with Crippen LogP contribution in [-0.4, -0.2) is 28.7 Å². The Morgan fingerprint density at radius 2 is 2.19 bits per heavy atom. The average Bonchev–Trinajstić information content (AvgIpc) is 2.26. The molecule has 0 saturated heterocycles. The highest BCUT2D eigenvalue weighted by Crippen LogP contribution is 2.30. The molecule has 1 aromatic rings. The Morgan fingerprint density at radius 1 is 1.50 bits per heavy atom. The maximum Gasteiger partial charge on any atom is 0.0864 e. The second-order valence-electron chi connectivity index (χ2n) is 3.63. The molecular formula is C11H16BrNO2S. The van der Waals surface area contributed by atoms with Crippen LogP contribution in [0.4, 0.5) is 0 Å². The van der Waals surface area contributed by atoms with E-state index < -0.39 is 6.10 Å². The van der Waals surface area contributed by atoms with Gasteiger partial charge in [0.25, 0.3) is 0 Å². The van der Waals surface area contributed by atoms with Gasteiger partial charge in [-0.2, -0.15) is 0 Å². The molecule has 0 aliphatic heterocycles. The van der Waals surface area contributed by atoms with Gasteiger partial charge in [-0.1, -0.05) is 6.07 Å². The van der Waals surface area contributed by atoms with E-state index in [9.17, 15) is 5.11 Å². The summed E-state index contributed by atoms with van der Waals surface area (Å²) in [7, 11) is 0. The van der Waals surface area contributed by atoms with Crippen LogP contribution in [0.5, 0.6) is 0 Å². The van der Waals surface area contributed by atoms with Crippen LogP contribution in [0, 0.1) is 0 Å². The lowest BCUT2D eigenvalue weighted by atomic mass is 10.1. The van der Waals surface area contributed by atoms with Crippen LogP contribution in [0.2, 0.25) is 0 Å². The Bertz CT molecular complexity index is 347. The first-order valence-electron chi connectivity index (χ1n) is 5.01. The fourth-order valence-electron chi connectivity index (χ4n) is 1.16. The van der Waals surface area contributed by atoms with Crippen LogP contribution >= 0.6 is 27.7 Å². The zero-order valence-electron chi connectivity index (χ0n) is 9.06. The molecule has 0 bridgehead atoms. The van der Waals surface area contributed by atoms with Crippen LogP contribution in [0.3, 0.4) is 0 Å². The summed E-state index contributed by atoms with van der Waals surface area (Å²) in [6, 6.07) is 5.94. The van der Waals surface area contributed by atoms with Gasteiger partial charge in [0.05, 0.1) is 12.7 Å². The fraction of sp³-hybridized carbons (Fsp3) is 0.455. The van der Waals surface area contributed by atoms with Crippen molar-refractivity contribution in [3.63, 3.8) is 0 Å². The van der Waals surface area contributed by atoms with E-state index in [-0.39, 0.29) is 12.6 Å². The monoisotopic (exact) mass is 305 g/mol. The van der Waals surface area contributed by atoms with Crippen molar-refractivity contribution < 1.29 is 10.2 Å². The molecule has 2 atom stereocenters. The first-order valence-corrected chi connectivity index (χ1v) is 6.79. The third-order valence-electron chi connectivity index (χ3n) is 2.12. The van der Waals surface area contributed by atoms with Crippen molar-refractivity contribution in [2.45, 2.75) is 24.0 Å². The summed E-state index contributed by atoms with van der Waals surface area (Å²) >= 11 is 4.97. The highest BCUT2D eigenvalue weighted by atomic mass is 79.9. The summed E-state index contributed by atoms with van der Waals surface area (Å²) in [5.74, 6) is 0.479. The van der Waals surface area contributed by atoms with Gasteiger partial charge in [-0.05, 0) is 40.5 Å². The van der Waals surface area contributed by atoms with Crippen LogP contribution in [-0.2, 0) is 0 Å². The number of aliphatic hydroxyl groups excluding tert-OH is 2. The summed E-state index contributed by atoms with van der Waals surface area (Å²) in [4.78, 5) is 1.04. The lowest BCUT2D eigenvalue weighted by Gasteiger charge is -2.11. The van der Waals surface area contributed by atoms with E-state index in [0.29, 0.717) is 5.75 Å². The van der Waals surface area contributed by atoms with Gasteiger partial charge in [-0.15, -0.1) is 11.8 Å². The molecule has 16 heavy (non-hydrogen) atoms. The maximum absolute atomic E-state index is 9.25. The molecule has 1 aromatic carbocycles. The molecule has 0 radical (unpaired) electrons. The molecular weight excluding hydrogens is 290 g/mol. The molecule has 4 N–H and O–H groups in total. The van der Waals surface area contributed by atoms with Crippen LogP contribution < -0.4 is 5.73 Å². The van der Waals surface area contributed by atoms with Gasteiger partial charge in [-0.25, -0.2) is 0 Å². The Hall–Kier alpha value is -0.0700. The third kappa shape index (κ3) is 4.07. The van der Waals surface area contributed by atoms with Gasteiger partial charge in [0.15, 0.2) is 0 Å². The quantitative estimate of drug-likeness (QED) is 0.727. The largest absolute Gasteiger partial charge is 0.394 e. The lowest BCUT2D eigenvalue weighted by Crippen LogP contribution is -2.14. The van der Waals surface area contributed by atoms with Crippen molar-refractivity contribution in [3.05, 3.63) is 28.2 Å². The molecule has 3 nitrogen and oxygen atoms in total. The summed E-state index contributed by atoms with van der Waals surface area (Å²) in [6.07, 6.45) is -0.676. The molecule has 5 heteroatoms. The van der Waals surface area contributed by atoms with Crippen LogP contribution in [0.25, 0.3) is 0 Å². The summed E-state index contributed by atoms with van der Waals surface area (Å²) in [5.41, 5.74) is 6.84. The Morgan fingerprint density at radius 3 is 2.69 bits per heavy atom. The lowest BCUT2D eigenvalue weighted by molar-refractivity contribution is 0.113. The number of halogens is 1. The fourth-order valence-corrected chi connectivity index (χ4v) is 2.73. The predicted molar refractivity (Wildman–Crippen MR) is 70.6 cm³/mol. The summed E-state index contributed by atoms with van der Waals surface area (Å²) < 4.78 is 0.970. The molecule has 0 aliphatic rings. The summed E-state index contributed by atoms with van der Waals surface area (Å²) in [6.45, 7) is 1.73. The van der Waals surface area contributed by atoms with Gasteiger partial charge in [-0.3, -0.25) is 0 Å². The van der Waals surface area contributed by atoms with Crippen LogP contribution in [0.1, 0.15) is 18.5 Å². The minimum absolute atomic E-state index is 0.0124. The van der Waals surface area contributed by atoms with Crippen molar-refractivity contribution in [2.75, 3.05) is 12.4 Å². The van der Waals surface area contributed by atoms with E-state index in [0.717, 1.165) is 14.9 Å². The number of hydrogen-bond acceptors (Lipinski definition) is 4. The highest BCUT2D eigenvalue weighted by molar-refractivity contribution is 9.10. The van der Waals surface area contributed by atoms with Crippen molar-refractivity contribution in [1.82, 2.24) is 0 Å². The number of hydrogen-bond donors (Lipinski definition) is 3. The zero-order valence-corrected chi connectivity index (χ0v) is 11.5. The minimum Gasteiger partial charge on any atom is -0.394 e. The van der Waals surface area contributed by atoms with Gasteiger partial charge < -0.3 is 15.9 Å². The molecule has 0 saturated carbocycles. The second kappa shape index (κ2) is 6.61. The number of nitrogens with two attached hydrogens (primary N) is 1. The smallest absolute Gasteiger partial charge is 0.0864 e. The third-order valence-corrected chi connectivity index (χ3v) is 4.26. The molecule has 0 fully saturated rings. The van der Waals surface area contributed by atoms with Crippen molar-refractivity contribution in [2.24, 2.45) is 5.73 Å². The van der Waals surface area contributed by atoms with Gasteiger partial charge in [0, 0.05) is 21.2 Å². The van der Waals surface area contributed by atoms with Gasteiger partial charge >= 0.3 is 0 Å². The Balaban J connectivity index is 2.68. The molecule has 0 amide bonds. The SMILES string of the molecule is CC(N)c1ccc(SCC(O)CO)c(Br)c1. The van der Waals surface area contributed by atoms with Crippen molar-refractivity contribution in [1.29, 1.82) is 0 Å². The molecule has 0 spiro atoms. The Kier molecular flexibility index (Phi) is 5.78. The van der Waals surface area contributed by atoms with Crippen LogP contribution in [0.15, 0.2) is 27.6 Å². The first-order chi connectivity index (χ1) is 7.54. The van der Waals surface area contributed by atoms with E-state index in [1.54, 1.807) is 0 Å². The van der Waals surface area contributed by atoms with E-state index in [2.05, 4.69) is 15.9 Å². The van der Waals surface area contributed by atoms with Gasteiger partial charge in [0.1, 0.15) is 0 Å². The molecule has 90 valence electrons. The topological polar surface area (TPSA) is 66.5 Å². The summed E-state index contributed by atoms with van der Waals surface area (Å²) in [5, 5.41) is 18.0. The van der Waals surface area contributed by atoms with E-state index in [1.807, 2.05) is 25.1 Å². The molecule has 0 aliphatic carbocycles. The average molecular weight is 306 g/mol.